The van der Waals surface area contributed by atoms with E-state index in [1.165, 1.54) is 12.1 Å². The lowest BCUT2D eigenvalue weighted by Gasteiger charge is -2.05. The van der Waals surface area contributed by atoms with Crippen molar-refractivity contribution in [2.45, 2.75) is 0 Å². The Morgan fingerprint density at radius 1 is 1.21 bits per heavy atom. The number of hydrogen-bond donors (Lipinski definition) is 2. The number of amides is 1. The van der Waals surface area contributed by atoms with E-state index in [0.717, 1.165) is 11.3 Å². The first-order valence-corrected chi connectivity index (χ1v) is 6.20. The van der Waals surface area contributed by atoms with Crippen LogP contribution in [0.1, 0.15) is 19.3 Å². The second kappa shape index (κ2) is 5.53. The molecule has 0 unspecified atom stereocenters. The average Bonchev–Trinajstić information content (AvgIpc) is 2.89. The highest BCUT2D eigenvalue weighted by Gasteiger charge is 2.13. The zero-order chi connectivity index (χ0) is 13.8. The van der Waals surface area contributed by atoms with Crippen molar-refractivity contribution in [3.63, 3.8) is 0 Å². The molecule has 1 aromatic carbocycles. The number of hydrogen-bond acceptors (Lipinski definition) is 4. The van der Waals surface area contributed by atoms with Gasteiger partial charge in [-0.25, -0.2) is 4.79 Å². The number of nitrogens with one attached hydrogen (secondary N) is 1. The number of carbonyl (C=O) groups is 2. The van der Waals surface area contributed by atoms with Crippen LogP contribution in [0.25, 0.3) is 0 Å². The summed E-state index contributed by atoms with van der Waals surface area (Å²) in [5.41, 5.74) is 0.592. The number of carboxylic acids is 1. The van der Waals surface area contributed by atoms with Gasteiger partial charge in [0.15, 0.2) is 0 Å². The van der Waals surface area contributed by atoms with Crippen LogP contribution in [0.3, 0.4) is 0 Å². The molecule has 2 N–H and O–H groups in total. The third kappa shape index (κ3) is 3.11. The molecule has 5 nitrogen and oxygen atoms in total. The minimum absolute atomic E-state index is 0.135. The van der Waals surface area contributed by atoms with Crippen LogP contribution < -0.4 is 10.1 Å². The van der Waals surface area contributed by atoms with E-state index in [1.807, 2.05) is 0 Å². The molecule has 0 spiro atoms. The monoisotopic (exact) mass is 277 g/mol. The zero-order valence-corrected chi connectivity index (χ0v) is 10.9. The first kappa shape index (κ1) is 13.1. The van der Waals surface area contributed by atoms with E-state index in [-0.39, 0.29) is 10.8 Å². The Balaban J connectivity index is 2.13. The molecule has 1 aromatic heterocycles. The maximum absolute atomic E-state index is 11.9. The van der Waals surface area contributed by atoms with Crippen LogP contribution in [0.15, 0.2) is 36.4 Å². The first-order chi connectivity index (χ1) is 9.10. The summed E-state index contributed by atoms with van der Waals surface area (Å²) in [7, 11) is 1.54. The molecule has 1 heterocycles. The first-order valence-electron chi connectivity index (χ1n) is 5.38. The van der Waals surface area contributed by atoms with Gasteiger partial charge >= 0.3 is 5.97 Å². The molecule has 1 amide bonds. The van der Waals surface area contributed by atoms with Crippen molar-refractivity contribution in [1.82, 2.24) is 0 Å². The van der Waals surface area contributed by atoms with E-state index >= 15 is 0 Å². The van der Waals surface area contributed by atoms with E-state index in [0.29, 0.717) is 16.3 Å². The second-order valence-corrected chi connectivity index (χ2v) is 4.74. The summed E-state index contributed by atoms with van der Waals surface area (Å²) in [6.07, 6.45) is 0. The van der Waals surface area contributed by atoms with Gasteiger partial charge in [-0.15, -0.1) is 11.3 Å². The van der Waals surface area contributed by atoms with E-state index in [4.69, 9.17) is 9.84 Å². The fraction of sp³-hybridized carbons (Fsp3) is 0.0769. The Kier molecular flexibility index (Phi) is 3.82. The Bertz CT molecular complexity index is 621. The van der Waals surface area contributed by atoms with Crippen molar-refractivity contribution in [2.24, 2.45) is 0 Å². The molecule has 0 fully saturated rings. The number of carbonyl (C=O) groups excluding carboxylic acids is 1. The zero-order valence-electron chi connectivity index (χ0n) is 10.0. The molecule has 0 saturated heterocycles. The summed E-state index contributed by atoms with van der Waals surface area (Å²) >= 11 is 0.935. The highest BCUT2D eigenvalue weighted by atomic mass is 32.1. The van der Waals surface area contributed by atoms with Crippen LogP contribution in [-0.2, 0) is 0 Å². The number of anilines is 1. The van der Waals surface area contributed by atoms with E-state index in [9.17, 15) is 9.59 Å². The molecule has 0 aliphatic carbocycles. The number of carboxylic acid groups (broad SMARTS) is 1. The third-order valence-electron chi connectivity index (χ3n) is 2.37. The molecule has 0 aliphatic rings. The van der Waals surface area contributed by atoms with Crippen LogP contribution in [0.5, 0.6) is 5.75 Å². The molecule has 2 aromatic rings. The fourth-order valence-corrected chi connectivity index (χ4v) is 2.21. The minimum atomic E-state index is -1.04. The normalized spacial score (nSPS) is 9.95. The summed E-state index contributed by atoms with van der Waals surface area (Å²) in [5, 5.41) is 11.5. The van der Waals surface area contributed by atoms with Gasteiger partial charge in [-0.05, 0) is 24.3 Å². The standard InChI is InChI=1S/C13H11NO4S/c1-18-9-4-2-3-8(7-9)14-12(15)10-5-6-11(19-10)13(16)17/h2-7H,1H3,(H,14,15)(H,16,17). The van der Waals surface area contributed by atoms with Crippen molar-refractivity contribution >= 4 is 28.9 Å². The number of ether oxygens (including phenoxy) is 1. The smallest absolute Gasteiger partial charge is 0.345 e. The summed E-state index contributed by atoms with van der Waals surface area (Å²) in [4.78, 5) is 23.1. The van der Waals surface area contributed by atoms with Crippen molar-refractivity contribution < 1.29 is 19.4 Å². The molecule has 6 heteroatoms. The molecule has 0 bridgehead atoms. The van der Waals surface area contributed by atoms with Crippen LogP contribution in [0, 0.1) is 0 Å². The van der Waals surface area contributed by atoms with Gasteiger partial charge in [0.25, 0.3) is 5.91 Å². The molecular weight excluding hydrogens is 266 g/mol. The topological polar surface area (TPSA) is 75.6 Å². The van der Waals surface area contributed by atoms with Crippen molar-refractivity contribution in [1.29, 1.82) is 0 Å². The van der Waals surface area contributed by atoms with Crippen molar-refractivity contribution in [3.05, 3.63) is 46.2 Å². The van der Waals surface area contributed by atoms with Gasteiger partial charge in [0.1, 0.15) is 10.6 Å². The average molecular weight is 277 g/mol. The van der Waals surface area contributed by atoms with Gasteiger partial charge in [0, 0.05) is 11.8 Å². The predicted molar refractivity (Wildman–Crippen MR) is 72.2 cm³/mol. The molecule has 98 valence electrons. The number of benzene rings is 1. The lowest BCUT2D eigenvalue weighted by molar-refractivity contribution is 0.0702. The van der Waals surface area contributed by atoms with Crippen molar-refractivity contribution in [3.8, 4) is 5.75 Å². The molecule has 0 radical (unpaired) electrons. The maximum Gasteiger partial charge on any atom is 0.345 e. The van der Waals surface area contributed by atoms with Crippen LogP contribution in [0.4, 0.5) is 5.69 Å². The van der Waals surface area contributed by atoms with E-state index in [2.05, 4.69) is 5.32 Å². The molecule has 19 heavy (non-hydrogen) atoms. The van der Waals surface area contributed by atoms with Crippen LogP contribution in [0.2, 0.25) is 0 Å². The summed E-state index contributed by atoms with van der Waals surface area (Å²) in [6.45, 7) is 0. The summed E-state index contributed by atoms with van der Waals surface area (Å²) < 4.78 is 5.05. The molecule has 2 rings (SSSR count). The van der Waals surface area contributed by atoms with Gasteiger partial charge in [0.05, 0.1) is 12.0 Å². The molecule has 0 saturated carbocycles. The highest BCUT2D eigenvalue weighted by Crippen LogP contribution is 2.20. The van der Waals surface area contributed by atoms with E-state index in [1.54, 1.807) is 31.4 Å². The van der Waals surface area contributed by atoms with Gasteiger partial charge in [0.2, 0.25) is 0 Å². The Morgan fingerprint density at radius 2 is 1.95 bits per heavy atom. The third-order valence-corrected chi connectivity index (χ3v) is 3.44. The number of methoxy groups -OCH3 is 1. The SMILES string of the molecule is COc1cccc(NC(=O)c2ccc(C(=O)O)s2)c1. The Labute approximate surface area is 113 Å². The second-order valence-electron chi connectivity index (χ2n) is 3.66. The molecule has 0 aliphatic heterocycles. The molecular formula is C13H11NO4S. The Hall–Kier alpha value is -2.34. The lowest BCUT2D eigenvalue weighted by atomic mass is 10.3. The lowest BCUT2D eigenvalue weighted by Crippen LogP contribution is -2.10. The Morgan fingerprint density at radius 3 is 2.58 bits per heavy atom. The summed E-state index contributed by atoms with van der Waals surface area (Å²) in [5.74, 6) is -0.744. The van der Waals surface area contributed by atoms with E-state index < -0.39 is 5.97 Å². The highest BCUT2D eigenvalue weighted by molar-refractivity contribution is 7.15. The van der Waals surface area contributed by atoms with Gasteiger partial charge in [-0.3, -0.25) is 4.79 Å². The minimum Gasteiger partial charge on any atom is -0.497 e. The largest absolute Gasteiger partial charge is 0.497 e. The number of thiophene rings is 1. The molecule has 0 atom stereocenters. The fourth-order valence-electron chi connectivity index (χ4n) is 1.47. The predicted octanol–water partition coefficient (Wildman–Crippen LogP) is 2.71. The summed E-state index contributed by atoms with van der Waals surface area (Å²) in [6, 6.07) is 9.84. The van der Waals surface area contributed by atoms with Gasteiger partial charge < -0.3 is 15.2 Å². The van der Waals surface area contributed by atoms with Crippen LogP contribution in [-0.4, -0.2) is 24.1 Å². The van der Waals surface area contributed by atoms with Gasteiger partial charge in [-0.1, -0.05) is 6.07 Å². The quantitative estimate of drug-likeness (QED) is 0.901. The number of aromatic carboxylic acids is 1. The van der Waals surface area contributed by atoms with Gasteiger partial charge in [-0.2, -0.15) is 0 Å². The number of rotatable bonds is 4. The van der Waals surface area contributed by atoms with Crippen LogP contribution >= 0.6 is 11.3 Å². The maximum atomic E-state index is 11.9. The van der Waals surface area contributed by atoms with Crippen molar-refractivity contribution in [2.75, 3.05) is 12.4 Å².